The standard InChI is InChI=1S/C22H20N4O4S3/c1-26(2)33(29,30)16-10-8-15(9-11-16)23-18(27)13-32-22-24-20(28)19-17(12-31-21(19)25-22)14-6-4-3-5-7-14/h3-12H,13H2,1-2H3,(H,23,27)(H,24,25,28). The van der Waals surface area contributed by atoms with E-state index in [0.717, 1.165) is 27.2 Å². The highest BCUT2D eigenvalue weighted by molar-refractivity contribution is 7.99. The summed E-state index contributed by atoms with van der Waals surface area (Å²) in [5, 5.41) is 5.51. The van der Waals surface area contributed by atoms with Gasteiger partial charge in [-0.25, -0.2) is 17.7 Å². The predicted molar refractivity (Wildman–Crippen MR) is 132 cm³/mol. The number of thioether (sulfide) groups is 1. The molecule has 0 atom stereocenters. The Labute approximate surface area is 198 Å². The number of rotatable bonds is 7. The normalized spacial score (nSPS) is 11.7. The zero-order valence-electron chi connectivity index (χ0n) is 17.7. The highest BCUT2D eigenvalue weighted by atomic mass is 32.2. The maximum absolute atomic E-state index is 12.7. The van der Waals surface area contributed by atoms with Crippen LogP contribution in [0.4, 0.5) is 5.69 Å². The van der Waals surface area contributed by atoms with Crippen LogP contribution in [0.5, 0.6) is 0 Å². The maximum atomic E-state index is 12.7. The van der Waals surface area contributed by atoms with Gasteiger partial charge in [-0.1, -0.05) is 42.1 Å². The van der Waals surface area contributed by atoms with Gasteiger partial charge in [0, 0.05) is 30.7 Å². The SMILES string of the molecule is CN(C)S(=O)(=O)c1ccc(NC(=O)CSc2nc3scc(-c4ccccc4)c3c(=O)[nH]2)cc1. The Hall–Kier alpha value is -2.99. The van der Waals surface area contributed by atoms with Crippen LogP contribution in [0.2, 0.25) is 0 Å². The summed E-state index contributed by atoms with van der Waals surface area (Å²) in [4.78, 5) is 33.0. The van der Waals surface area contributed by atoms with E-state index in [-0.39, 0.29) is 22.1 Å². The van der Waals surface area contributed by atoms with Crippen LogP contribution in [0.3, 0.4) is 0 Å². The van der Waals surface area contributed by atoms with E-state index in [1.54, 1.807) is 0 Å². The zero-order chi connectivity index (χ0) is 23.6. The molecular weight excluding hydrogens is 480 g/mol. The molecule has 4 aromatic rings. The van der Waals surface area contributed by atoms with Crippen LogP contribution >= 0.6 is 23.1 Å². The number of sulfonamides is 1. The molecule has 4 rings (SSSR count). The third-order valence-corrected chi connectivity index (χ3v) is 8.34. The highest BCUT2D eigenvalue weighted by Gasteiger charge is 2.17. The number of H-pyrrole nitrogens is 1. The summed E-state index contributed by atoms with van der Waals surface area (Å²) in [5.74, 6) is -0.273. The van der Waals surface area contributed by atoms with Crippen LogP contribution in [0.25, 0.3) is 21.3 Å². The minimum Gasteiger partial charge on any atom is -0.325 e. The molecule has 1 amide bonds. The lowest BCUT2D eigenvalue weighted by atomic mass is 10.1. The summed E-state index contributed by atoms with van der Waals surface area (Å²) < 4.78 is 25.4. The number of anilines is 1. The number of amides is 1. The van der Waals surface area contributed by atoms with Gasteiger partial charge in [-0.15, -0.1) is 11.3 Å². The molecule has 0 bridgehead atoms. The van der Waals surface area contributed by atoms with Crippen molar-refractivity contribution in [3.8, 4) is 11.1 Å². The van der Waals surface area contributed by atoms with Gasteiger partial charge in [-0.3, -0.25) is 9.59 Å². The molecular formula is C22H20N4O4S3. The van der Waals surface area contributed by atoms with Gasteiger partial charge >= 0.3 is 0 Å². The molecule has 2 aromatic heterocycles. The lowest BCUT2D eigenvalue weighted by Crippen LogP contribution is -2.22. The largest absolute Gasteiger partial charge is 0.325 e. The average molecular weight is 501 g/mol. The molecule has 33 heavy (non-hydrogen) atoms. The molecule has 2 aromatic carbocycles. The van der Waals surface area contributed by atoms with Gasteiger partial charge in [-0.05, 0) is 29.8 Å². The molecule has 2 heterocycles. The lowest BCUT2D eigenvalue weighted by molar-refractivity contribution is -0.113. The van der Waals surface area contributed by atoms with Crippen molar-refractivity contribution in [3.63, 3.8) is 0 Å². The van der Waals surface area contributed by atoms with E-state index < -0.39 is 10.0 Å². The van der Waals surface area contributed by atoms with E-state index in [4.69, 9.17) is 0 Å². The molecule has 11 heteroatoms. The van der Waals surface area contributed by atoms with E-state index in [1.807, 2.05) is 35.7 Å². The Balaban J connectivity index is 1.43. The highest BCUT2D eigenvalue weighted by Crippen LogP contribution is 2.31. The van der Waals surface area contributed by atoms with Crippen molar-refractivity contribution in [3.05, 3.63) is 70.3 Å². The van der Waals surface area contributed by atoms with Gasteiger partial charge in [0.1, 0.15) is 4.83 Å². The fourth-order valence-electron chi connectivity index (χ4n) is 3.08. The van der Waals surface area contributed by atoms with Crippen molar-refractivity contribution in [2.75, 3.05) is 25.2 Å². The molecule has 2 N–H and O–H groups in total. The second-order valence-corrected chi connectivity index (χ2v) is 11.2. The van der Waals surface area contributed by atoms with Crippen molar-refractivity contribution in [2.24, 2.45) is 0 Å². The Kier molecular flexibility index (Phi) is 6.66. The molecule has 0 unspecified atom stereocenters. The summed E-state index contributed by atoms with van der Waals surface area (Å²) in [6.07, 6.45) is 0. The number of hydrogen-bond acceptors (Lipinski definition) is 7. The number of nitrogens with zero attached hydrogens (tertiary/aromatic N) is 2. The molecule has 0 saturated carbocycles. The number of nitrogens with one attached hydrogen (secondary N) is 2. The van der Waals surface area contributed by atoms with Crippen LogP contribution in [0.1, 0.15) is 0 Å². The van der Waals surface area contributed by atoms with Crippen molar-refractivity contribution in [1.29, 1.82) is 0 Å². The Morgan fingerprint density at radius 2 is 1.82 bits per heavy atom. The molecule has 170 valence electrons. The van der Waals surface area contributed by atoms with Crippen molar-refractivity contribution < 1.29 is 13.2 Å². The minimum absolute atomic E-state index is 0.0309. The van der Waals surface area contributed by atoms with Crippen LogP contribution in [0.15, 0.2) is 74.8 Å². The number of fused-ring (bicyclic) bond motifs is 1. The Bertz CT molecular complexity index is 1460. The second-order valence-electron chi connectivity index (χ2n) is 7.22. The van der Waals surface area contributed by atoms with Gasteiger partial charge in [-0.2, -0.15) is 0 Å². The second kappa shape index (κ2) is 9.48. The van der Waals surface area contributed by atoms with Crippen LogP contribution in [-0.2, 0) is 14.8 Å². The molecule has 0 aliphatic carbocycles. The Morgan fingerprint density at radius 1 is 1.12 bits per heavy atom. The van der Waals surface area contributed by atoms with Gasteiger partial charge in [0.05, 0.1) is 16.0 Å². The summed E-state index contributed by atoms with van der Waals surface area (Å²) in [6.45, 7) is 0. The fourth-order valence-corrected chi connectivity index (χ4v) is 5.65. The molecule has 0 spiro atoms. The van der Waals surface area contributed by atoms with E-state index >= 15 is 0 Å². The summed E-state index contributed by atoms with van der Waals surface area (Å²) in [5.41, 5.74) is 2.00. The smallest absolute Gasteiger partial charge is 0.260 e. The van der Waals surface area contributed by atoms with Crippen LogP contribution in [-0.4, -0.2) is 48.4 Å². The maximum Gasteiger partial charge on any atom is 0.260 e. The quantitative estimate of drug-likeness (QED) is 0.296. The van der Waals surface area contributed by atoms with Crippen molar-refractivity contribution in [1.82, 2.24) is 14.3 Å². The molecule has 0 aliphatic heterocycles. The summed E-state index contributed by atoms with van der Waals surface area (Å²) in [6, 6.07) is 15.6. The van der Waals surface area contributed by atoms with Crippen LogP contribution < -0.4 is 10.9 Å². The fraction of sp³-hybridized carbons (Fsp3) is 0.136. The first-order chi connectivity index (χ1) is 15.8. The van der Waals surface area contributed by atoms with E-state index in [1.165, 1.54) is 49.7 Å². The minimum atomic E-state index is -3.53. The van der Waals surface area contributed by atoms with Gasteiger partial charge in [0.25, 0.3) is 5.56 Å². The topological polar surface area (TPSA) is 112 Å². The molecule has 0 aliphatic rings. The third kappa shape index (κ3) is 5.01. The number of aromatic nitrogens is 2. The first-order valence-corrected chi connectivity index (χ1v) is 13.1. The van der Waals surface area contributed by atoms with Crippen LogP contribution in [0, 0.1) is 0 Å². The van der Waals surface area contributed by atoms with Gasteiger partial charge in [0.15, 0.2) is 5.16 Å². The van der Waals surface area contributed by atoms with Gasteiger partial charge < -0.3 is 10.3 Å². The molecule has 0 fully saturated rings. The Morgan fingerprint density at radius 3 is 2.48 bits per heavy atom. The van der Waals surface area contributed by atoms with Crippen molar-refractivity contribution >= 4 is 54.9 Å². The molecule has 0 radical (unpaired) electrons. The number of carbonyl (C=O) groups is 1. The van der Waals surface area contributed by atoms with E-state index in [0.29, 0.717) is 21.1 Å². The van der Waals surface area contributed by atoms with E-state index in [2.05, 4.69) is 15.3 Å². The zero-order valence-corrected chi connectivity index (χ0v) is 20.2. The summed E-state index contributed by atoms with van der Waals surface area (Å²) >= 11 is 2.50. The third-order valence-electron chi connectivity index (χ3n) is 4.76. The van der Waals surface area contributed by atoms with Gasteiger partial charge in [0.2, 0.25) is 15.9 Å². The first-order valence-electron chi connectivity index (χ1n) is 9.78. The number of benzene rings is 2. The number of thiophene rings is 1. The van der Waals surface area contributed by atoms with E-state index in [9.17, 15) is 18.0 Å². The monoisotopic (exact) mass is 500 g/mol. The first kappa shape index (κ1) is 23.2. The number of carbonyl (C=O) groups excluding carboxylic acids is 1. The number of hydrogen-bond donors (Lipinski definition) is 2. The molecule has 8 nitrogen and oxygen atoms in total. The average Bonchev–Trinajstić information content (AvgIpc) is 3.23. The lowest BCUT2D eigenvalue weighted by Gasteiger charge is -2.12. The summed E-state index contributed by atoms with van der Waals surface area (Å²) in [7, 11) is -0.621. The van der Waals surface area contributed by atoms with Crippen molar-refractivity contribution in [2.45, 2.75) is 10.1 Å². The predicted octanol–water partition coefficient (Wildman–Crippen LogP) is 3.63. The molecule has 0 saturated heterocycles. The number of aromatic amines is 1.